The Morgan fingerprint density at radius 1 is 1.33 bits per heavy atom. The van der Waals surface area contributed by atoms with Crippen molar-refractivity contribution in [3.63, 3.8) is 0 Å². The standard InChI is InChI=1S/C8H8Br2O2/c1-12-8-6(9)2-5(4-11)3-7(8)10/h2-3,11H,4H2,1H3. The number of aliphatic hydroxyl groups excluding tert-OH is 1. The van der Waals surface area contributed by atoms with Crippen molar-refractivity contribution in [2.75, 3.05) is 7.11 Å². The van der Waals surface area contributed by atoms with Gasteiger partial charge in [-0.25, -0.2) is 0 Å². The predicted molar refractivity (Wildman–Crippen MR) is 54.3 cm³/mol. The second kappa shape index (κ2) is 4.25. The quantitative estimate of drug-likeness (QED) is 0.909. The average molecular weight is 296 g/mol. The van der Waals surface area contributed by atoms with Crippen molar-refractivity contribution in [1.29, 1.82) is 0 Å². The van der Waals surface area contributed by atoms with Crippen LogP contribution in [0.4, 0.5) is 0 Å². The normalized spacial score (nSPS) is 10.0. The van der Waals surface area contributed by atoms with Gasteiger partial charge in [-0.05, 0) is 49.6 Å². The third-order valence-electron chi connectivity index (χ3n) is 1.44. The summed E-state index contributed by atoms with van der Waals surface area (Å²) in [6, 6.07) is 3.65. The van der Waals surface area contributed by atoms with Gasteiger partial charge in [0.15, 0.2) is 0 Å². The molecule has 0 aliphatic heterocycles. The van der Waals surface area contributed by atoms with E-state index in [9.17, 15) is 0 Å². The molecule has 0 fully saturated rings. The summed E-state index contributed by atoms with van der Waals surface area (Å²) < 4.78 is 6.77. The van der Waals surface area contributed by atoms with Crippen LogP contribution >= 0.6 is 31.9 Å². The van der Waals surface area contributed by atoms with E-state index in [1.165, 1.54) is 0 Å². The minimum atomic E-state index is 0.0290. The van der Waals surface area contributed by atoms with Crippen LogP contribution < -0.4 is 4.74 Å². The van der Waals surface area contributed by atoms with E-state index in [4.69, 9.17) is 9.84 Å². The van der Waals surface area contributed by atoms with E-state index in [-0.39, 0.29) is 6.61 Å². The Morgan fingerprint density at radius 2 is 1.83 bits per heavy atom. The van der Waals surface area contributed by atoms with Crippen LogP contribution in [0.1, 0.15) is 5.56 Å². The number of aliphatic hydroxyl groups is 1. The summed E-state index contributed by atoms with van der Waals surface area (Å²) in [5.41, 5.74) is 0.842. The fraction of sp³-hybridized carbons (Fsp3) is 0.250. The molecule has 1 N–H and O–H groups in total. The predicted octanol–water partition coefficient (Wildman–Crippen LogP) is 2.71. The summed E-state index contributed by atoms with van der Waals surface area (Å²) in [7, 11) is 1.60. The van der Waals surface area contributed by atoms with E-state index >= 15 is 0 Å². The molecule has 0 spiro atoms. The lowest BCUT2D eigenvalue weighted by molar-refractivity contribution is 0.281. The number of rotatable bonds is 2. The lowest BCUT2D eigenvalue weighted by Gasteiger charge is -2.07. The summed E-state index contributed by atoms with van der Waals surface area (Å²) in [5.74, 6) is 0.743. The van der Waals surface area contributed by atoms with Gasteiger partial charge in [-0.1, -0.05) is 0 Å². The summed E-state index contributed by atoms with van der Waals surface area (Å²) in [6.45, 7) is 0.0290. The molecule has 0 aromatic heterocycles. The van der Waals surface area contributed by atoms with Crippen molar-refractivity contribution in [1.82, 2.24) is 0 Å². The number of hydrogen-bond donors (Lipinski definition) is 1. The maximum absolute atomic E-state index is 8.87. The zero-order valence-electron chi connectivity index (χ0n) is 6.47. The van der Waals surface area contributed by atoms with Gasteiger partial charge in [-0.2, -0.15) is 0 Å². The van der Waals surface area contributed by atoms with Gasteiger partial charge >= 0.3 is 0 Å². The SMILES string of the molecule is COc1c(Br)cc(CO)cc1Br. The zero-order valence-corrected chi connectivity index (χ0v) is 9.65. The molecule has 66 valence electrons. The maximum Gasteiger partial charge on any atom is 0.147 e. The molecule has 2 nitrogen and oxygen atoms in total. The van der Waals surface area contributed by atoms with Crippen LogP contribution in [0.25, 0.3) is 0 Å². The van der Waals surface area contributed by atoms with Crippen LogP contribution in [0.5, 0.6) is 5.75 Å². The number of hydrogen-bond acceptors (Lipinski definition) is 2. The largest absolute Gasteiger partial charge is 0.494 e. The van der Waals surface area contributed by atoms with Gasteiger partial charge in [0.05, 0.1) is 22.7 Å². The molecule has 0 saturated carbocycles. The molecule has 0 amide bonds. The van der Waals surface area contributed by atoms with E-state index < -0.39 is 0 Å². The van der Waals surface area contributed by atoms with Crippen LogP contribution in [-0.2, 0) is 6.61 Å². The van der Waals surface area contributed by atoms with Gasteiger partial charge in [-0.15, -0.1) is 0 Å². The zero-order chi connectivity index (χ0) is 9.14. The van der Waals surface area contributed by atoms with Gasteiger partial charge in [0, 0.05) is 0 Å². The number of halogens is 2. The molecule has 1 aromatic rings. The lowest BCUT2D eigenvalue weighted by Crippen LogP contribution is -1.89. The van der Waals surface area contributed by atoms with Gasteiger partial charge in [-0.3, -0.25) is 0 Å². The molecule has 0 radical (unpaired) electrons. The molecular weight excluding hydrogens is 288 g/mol. The van der Waals surface area contributed by atoms with E-state index in [0.29, 0.717) is 0 Å². The summed E-state index contributed by atoms with van der Waals surface area (Å²) in [5, 5.41) is 8.87. The highest BCUT2D eigenvalue weighted by atomic mass is 79.9. The first-order chi connectivity index (χ1) is 5.69. The van der Waals surface area contributed by atoms with E-state index in [0.717, 1.165) is 20.3 Å². The minimum absolute atomic E-state index is 0.0290. The second-order valence-electron chi connectivity index (χ2n) is 2.25. The molecule has 0 heterocycles. The molecule has 0 aliphatic rings. The molecule has 0 bridgehead atoms. The number of ether oxygens (including phenoxy) is 1. The van der Waals surface area contributed by atoms with Crippen molar-refractivity contribution < 1.29 is 9.84 Å². The summed E-state index contributed by atoms with van der Waals surface area (Å²) >= 11 is 6.67. The summed E-state index contributed by atoms with van der Waals surface area (Å²) in [6.07, 6.45) is 0. The highest BCUT2D eigenvalue weighted by Gasteiger charge is 2.06. The highest BCUT2D eigenvalue weighted by Crippen LogP contribution is 2.34. The Bertz CT molecular complexity index is 263. The molecule has 0 unspecified atom stereocenters. The monoisotopic (exact) mass is 294 g/mol. The topological polar surface area (TPSA) is 29.5 Å². The fourth-order valence-electron chi connectivity index (χ4n) is 0.899. The van der Waals surface area contributed by atoms with Gasteiger partial charge in [0.2, 0.25) is 0 Å². The molecule has 0 aliphatic carbocycles. The third kappa shape index (κ3) is 2.00. The molecule has 1 aromatic carbocycles. The van der Waals surface area contributed by atoms with Crippen LogP contribution in [0.3, 0.4) is 0 Å². The smallest absolute Gasteiger partial charge is 0.147 e. The fourth-order valence-corrected chi connectivity index (χ4v) is 2.50. The highest BCUT2D eigenvalue weighted by molar-refractivity contribution is 9.11. The minimum Gasteiger partial charge on any atom is -0.494 e. The first kappa shape index (κ1) is 10.0. The molecule has 4 heteroatoms. The Morgan fingerprint density at radius 3 is 2.17 bits per heavy atom. The van der Waals surface area contributed by atoms with E-state index in [2.05, 4.69) is 31.9 Å². The molecule has 0 atom stereocenters. The van der Waals surface area contributed by atoms with Crippen LogP contribution in [0.15, 0.2) is 21.1 Å². The van der Waals surface area contributed by atoms with Gasteiger partial charge in [0.25, 0.3) is 0 Å². The van der Waals surface area contributed by atoms with E-state index in [1.54, 1.807) is 7.11 Å². The van der Waals surface area contributed by atoms with Crippen LogP contribution in [0.2, 0.25) is 0 Å². The van der Waals surface area contributed by atoms with Crippen LogP contribution in [-0.4, -0.2) is 12.2 Å². The van der Waals surface area contributed by atoms with Crippen molar-refractivity contribution in [3.8, 4) is 5.75 Å². The molecular formula is C8H8Br2O2. The van der Waals surface area contributed by atoms with Gasteiger partial charge < -0.3 is 9.84 Å². The van der Waals surface area contributed by atoms with E-state index in [1.807, 2.05) is 12.1 Å². The third-order valence-corrected chi connectivity index (χ3v) is 2.62. The Labute approximate surface area is 87.8 Å². The number of methoxy groups -OCH3 is 1. The molecule has 12 heavy (non-hydrogen) atoms. The summed E-state index contributed by atoms with van der Waals surface area (Å²) in [4.78, 5) is 0. The first-order valence-corrected chi connectivity index (χ1v) is 4.90. The first-order valence-electron chi connectivity index (χ1n) is 3.31. The van der Waals surface area contributed by atoms with Gasteiger partial charge in [0.1, 0.15) is 5.75 Å². The Hall–Kier alpha value is -0.0600. The van der Waals surface area contributed by atoms with Crippen LogP contribution in [0, 0.1) is 0 Å². The van der Waals surface area contributed by atoms with Crippen molar-refractivity contribution >= 4 is 31.9 Å². The van der Waals surface area contributed by atoms with Crippen molar-refractivity contribution in [2.24, 2.45) is 0 Å². The molecule has 1 rings (SSSR count). The second-order valence-corrected chi connectivity index (χ2v) is 3.96. The number of benzene rings is 1. The average Bonchev–Trinajstić information content (AvgIpc) is 2.03. The van der Waals surface area contributed by atoms with Crippen molar-refractivity contribution in [2.45, 2.75) is 6.61 Å². The molecule has 0 saturated heterocycles. The maximum atomic E-state index is 8.87. The Kier molecular flexibility index (Phi) is 3.55. The van der Waals surface area contributed by atoms with Crippen molar-refractivity contribution in [3.05, 3.63) is 26.6 Å². The lowest BCUT2D eigenvalue weighted by atomic mass is 10.2. The Balaban J connectivity index is 3.18.